The third-order valence-electron chi connectivity index (χ3n) is 3.77. The van der Waals surface area contributed by atoms with Gasteiger partial charge >= 0.3 is 6.18 Å². The minimum Gasteiger partial charge on any atom is -0.355 e. The Hall–Kier alpha value is -2.99. The van der Waals surface area contributed by atoms with E-state index in [4.69, 9.17) is 0 Å². The van der Waals surface area contributed by atoms with Crippen LogP contribution in [0.1, 0.15) is 5.56 Å². The van der Waals surface area contributed by atoms with E-state index in [1.807, 2.05) is 0 Å². The number of anilines is 2. The number of hydrogen-bond acceptors (Lipinski definition) is 6. The highest BCUT2D eigenvalue weighted by atomic mass is 32.2. The molecule has 0 bridgehead atoms. The number of sulfonamides is 1. The molecular weight excluding hydrogens is 409 g/mol. The SMILES string of the molecule is CS(=O)(=O)NCCn1nnc(-c2ccccc2Nc2cccc(C(F)(F)F)c2)n1. The number of halogens is 3. The van der Waals surface area contributed by atoms with Crippen LogP contribution in [0, 0.1) is 0 Å². The van der Waals surface area contributed by atoms with Crippen molar-refractivity contribution in [2.24, 2.45) is 0 Å². The van der Waals surface area contributed by atoms with Gasteiger partial charge in [-0.1, -0.05) is 18.2 Å². The van der Waals surface area contributed by atoms with Gasteiger partial charge in [0.2, 0.25) is 15.8 Å². The zero-order valence-corrected chi connectivity index (χ0v) is 16.0. The summed E-state index contributed by atoms with van der Waals surface area (Å²) < 4.78 is 63.3. The van der Waals surface area contributed by atoms with Crippen LogP contribution in [0.4, 0.5) is 24.5 Å². The van der Waals surface area contributed by atoms with Crippen molar-refractivity contribution in [3.8, 4) is 11.4 Å². The molecule has 0 aliphatic rings. The van der Waals surface area contributed by atoms with E-state index in [1.165, 1.54) is 16.9 Å². The summed E-state index contributed by atoms with van der Waals surface area (Å²) in [5, 5.41) is 15.0. The van der Waals surface area contributed by atoms with Gasteiger partial charge in [-0.05, 0) is 35.5 Å². The highest BCUT2D eigenvalue weighted by Gasteiger charge is 2.30. The quantitative estimate of drug-likeness (QED) is 0.602. The Morgan fingerprint density at radius 1 is 1.10 bits per heavy atom. The molecule has 0 aliphatic heterocycles. The largest absolute Gasteiger partial charge is 0.416 e. The molecular formula is C17H17F3N6O2S. The molecule has 0 aliphatic carbocycles. The van der Waals surface area contributed by atoms with E-state index in [-0.39, 0.29) is 24.6 Å². The zero-order chi connectivity index (χ0) is 21.1. The van der Waals surface area contributed by atoms with Gasteiger partial charge in [0.25, 0.3) is 0 Å². The Balaban J connectivity index is 1.80. The molecule has 0 saturated carbocycles. The Bertz CT molecular complexity index is 1100. The molecule has 0 fully saturated rings. The summed E-state index contributed by atoms with van der Waals surface area (Å²) in [5.41, 5.74) is 0.535. The highest BCUT2D eigenvalue weighted by molar-refractivity contribution is 7.88. The second-order valence-electron chi connectivity index (χ2n) is 6.12. The molecule has 2 N–H and O–H groups in total. The van der Waals surface area contributed by atoms with Crippen molar-refractivity contribution in [1.29, 1.82) is 0 Å². The van der Waals surface area contributed by atoms with Crippen LogP contribution in [0.25, 0.3) is 11.4 Å². The van der Waals surface area contributed by atoms with Crippen LogP contribution in [0.2, 0.25) is 0 Å². The summed E-state index contributed by atoms with van der Waals surface area (Å²) >= 11 is 0. The summed E-state index contributed by atoms with van der Waals surface area (Å²) in [5.74, 6) is 0.249. The average molecular weight is 426 g/mol. The topological polar surface area (TPSA) is 102 Å². The van der Waals surface area contributed by atoms with Crippen molar-refractivity contribution in [3.63, 3.8) is 0 Å². The van der Waals surface area contributed by atoms with Gasteiger partial charge in [0.05, 0.1) is 18.4 Å². The minimum atomic E-state index is -4.44. The first-order valence-corrected chi connectivity index (χ1v) is 10.3. The number of nitrogens with zero attached hydrogens (tertiary/aromatic N) is 4. The van der Waals surface area contributed by atoms with Gasteiger partial charge in [-0.25, -0.2) is 13.1 Å². The lowest BCUT2D eigenvalue weighted by atomic mass is 10.1. The first-order chi connectivity index (χ1) is 13.6. The fraction of sp³-hybridized carbons (Fsp3) is 0.235. The second-order valence-corrected chi connectivity index (χ2v) is 7.96. The molecule has 12 heteroatoms. The predicted molar refractivity (Wildman–Crippen MR) is 101 cm³/mol. The van der Waals surface area contributed by atoms with E-state index in [9.17, 15) is 21.6 Å². The normalized spacial score (nSPS) is 12.1. The molecule has 2 aromatic carbocycles. The van der Waals surface area contributed by atoms with Crippen molar-refractivity contribution >= 4 is 21.4 Å². The number of benzene rings is 2. The lowest BCUT2D eigenvalue weighted by Gasteiger charge is -2.12. The van der Waals surface area contributed by atoms with Crippen molar-refractivity contribution in [1.82, 2.24) is 24.9 Å². The number of rotatable bonds is 7. The maximum Gasteiger partial charge on any atom is 0.416 e. The van der Waals surface area contributed by atoms with Crippen molar-refractivity contribution in [3.05, 3.63) is 54.1 Å². The standard InChI is InChI=1S/C17H17F3N6O2S/c1-29(27,28)21-9-10-26-24-16(23-25-26)14-7-2-3-8-15(14)22-13-6-4-5-12(11-13)17(18,19)20/h2-8,11,21-22H,9-10H2,1H3. The predicted octanol–water partition coefficient (Wildman–Crippen LogP) is 2.65. The first-order valence-electron chi connectivity index (χ1n) is 8.38. The summed E-state index contributed by atoms with van der Waals surface area (Å²) in [7, 11) is -3.32. The molecule has 0 unspecified atom stereocenters. The van der Waals surface area contributed by atoms with E-state index >= 15 is 0 Å². The van der Waals surface area contributed by atoms with Crippen LogP contribution in [0.5, 0.6) is 0 Å². The molecule has 0 radical (unpaired) electrons. The summed E-state index contributed by atoms with van der Waals surface area (Å²) in [4.78, 5) is 1.23. The number of alkyl halides is 3. The Morgan fingerprint density at radius 2 is 1.86 bits per heavy atom. The van der Waals surface area contributed by atoms with Gasteiger partial charge < -0.3 is 5.32 Å². The van der Waals surface area contributed by atoms with E-state index in [0.29, 0.717) is 11.3 Å². The highest BCUT2D eigenvalue weighted by Crippen LogP contribution is 2.33. The van der Waals surface area contributed by atoms with Gasteiger partial charge in [-0.3, -0.25) is 0 Å². The molecule has 29 heavy (non-hydrogen) atoms. The smallest absolute Gasteiger partial charge is 0.355 e. The van der Waals surface area contributed by atoms with Crippen LogP contribution >= 0.6 is 0 Å². The third kappa shape index (κ3) is 5.74. The molecule has 0 spiro atoms. The Labute approximate surface area is 164 Å². The lowest BCUT2D eigenvalue weighted by molar-refractivity contribution is -0.137. The first kappa shape index (κ1) is 20.7. The molecule has 154 valence electrons. The van der Waals surface area contributed by atoms with Crippen molar-refractivity contribution in [2.45, 2.75) is 12.7 Å². The molecule has 0 amide bonds. The summed E-state index contributed by atoms with van der Waals surface area (Å²) in [6.07, 6.45) is -3.40. The van der Waals surface area contributed by atoms with Crippen LogP contribution < -0.4 is 10.0 Å². The fourth-order valence-electron chi connectivity index (χ4n) is 2.49. The number of para-hydroxylation sites is 1. The number of aromatic nitrogens is 4. The van der Waals surface area contributed by atoms with E-state index in [2.05, 4.69) is 25.4 Å². The van der Waals surface area contributed by atoms with E-state index in [1.54, 1.807) is 24.3 Å². The fourth-order valence-corrected chi connectivity index (χ4v) is 2.95. The molecule has 1 heterocycles. The molecule has 0 atom stereocenters. The van der Waals surface area contributed by atoms with Crippen LogP contribution in [-0.2, 0) is 22.7 Å². The van der Waals surface area contributed by atoms with Gasteiger partial charge in [-0.2, -0.15) is 18.0 Å². The molecule has 1 aromatic heterocycles. The zero-order valence-electron chi connectivity index (χ0n) is 15.2. The average Bonchev–Trinajstić information content (AvgIpc) is 3.09. The van der Waals surface area contributed by atoms with Crippen molar-refractivity contribution < 1.29 is 21.6 Å². The lowest BCUT2D eigenvalue weighted by Crippen LogP contribution is -2.26. The van der Waals surface area contributed by atoms with E-state index < -0.39 is 21.8 Å². The minimum absolute atomic E-state index is 0.0960. The van der Waals surface area contributed by atoms with Gasteiger partial charge in [0, 0.05) is 23.5 Å². The van der Waals surface area contributed by atoms with Gasteiger partial charge in [0.1, 0.15) is 0 Å². The molecule has 8 nitrogen and oxygen atoms in total. The number of nitrogens with one attached hydrogen (secondary N) is 2. The monoisotopic (exact) mass is 426 g/mol. The number of tetrazole rings is 1. The van der Waals surface area contributed by atoms with E-state index in [0.717, 1.165) is 18.4 Å². The number of hydrogen-bond donors (Lipinski definition) is 2. The summed E-state index contributed by atoms with van der Waals surface area (Å²) in [6, 6.07) is 11.7. The van der Waals surface area contributed by atoms with Crippen LogP contribution in [0.15, 0.2) is 48.5 Å². The Kier molecular flexibility index (Phi) is 5.84. The van der Waals surface area contributed by atoms with Gasteiger partial charge in [-0.15, -0.1) is 10.2 Å². The van der Waals surface area contributed by atoms with Crippen molar-refractivity contribution in [2.75, 3.05) is 18.1 Å². The maximum absolute atomic E-state index is 12.9. The summed E-state index contributed by atoms with van der Waals surface area (Å²) in [6.45, 7) is 0.266. The molecule has 3 aromatic rings. The van der Waals surface area contributed by atoms with Gasteiger partial charge in [0.15, 0.2) is 0 Å². The molecule has 0 saturated heterocycles. The maximum atomic E-state index is 12.9. The van der Waals surface area contributed by atoms with Crippen LogP contribution in [0.3, 0.4) is 0 Å². The second kappa shape index (κ2) is 8.17. The molecule has 3 rings (SSSR count). The Morgan fingerprint density at radius 3 is 2.59 bits per heavy atom. The van der Waals surface area contributed by atoms with Crippen LogP contribution in [-0.4, -0.2) is 41.4 Å². The third-order valence-corrected chi connectivity index (χ3v) is 4.49.